The number of anilines is 2. The Labute approximate surface area is 261 Å². The SMILES string of the molecule is COc1cccc(/C=C(\NC(=O)c2ccccc2)C(=O)Nc2ccc(SCC(=O)Nc3ccccc3C(F)(F)F)cc2)c1OC. The summed E-state index contributed by atoms with van der Waals surface area (Å²) in [7, 11) is 2.94. The first-order valence-electron chi connectivity index (χ1n) is 13.4. The molecule has 0 unspecified atom stereocenters. The number of alkyl halides is 3. The second-order valence-electron chi connectivity index (χ2n) is 9.32. The average molecular weight is 636 g/mol. The van der Waals surface area contributed by atoms with Crippen LogP contribution in [0.1, 0.15) is 21.5 Å². The molecule has 0 aliphatic carbocycles. The van der Waals surface area contributed by atoms with Crippen LogP contribution in [0.25, 0.3) is 6.08 Å². The smallest absolute Gasteiger partial charge is 0.418 e. The van der Waals surface area contributed by atoms with Crippen molar-refractivity contribution in [1.82, 2.24) is 5.32 Å². The highest BCUT2D eigenvalue weighted by Gasteiger charge is 2.33. The predicted molar refractivity (Wildman–Crippen MR) is 167 cm³/mol. The fourth-order valence-corrected chi connectivity index (χ4v) is 4.83. The number of para-hydroxylation sites is 2. The lowest BCUT2D eigenvalue weighted by Crippen LogP contribution is -2.30. The van der Waals surface area contributed by atoms with Crippen LogP contribution >= 0.6 is 11.8 Å². The van der Waals surface area contributed by atoms with Crippen molar-refractivity contribution >= 4 is 46.9 Å². The van der Waals surface area contributed by atoms with E-state index in [0.29, 0.717) is 33.2 Å². The third-order valence-corrected chi connectivity index (χ3v) is 7.26. The molecule has 0 spiro atoms. The Hall–Kier alpha value is -5.23. The molecule has 0 bridgehead atoms. The van der Waals surface area contributed by atoms with Gasteiger partial charge >= 0.3 is 6.18 Å². The molecule has 4 aromatic rings. The number of methoxy groups -OCH3 is 2. The van der Waals surface area contributed by atoms with Crippen LogP contribution in [0, 0.1) is 0 Å². The number of benzene rings is 4. The topological polar surface area (TPSA) is 106 Å². The molecule has 0 aromatic heterocycles. The minimum Gasteiger partial charge on any atom is -0.493 e. The van der Waals surface area contributed by atoms with Crippen molar-refractivity contribution < 1.29 is 37.0 Å². The summed E-state index contributed by atoms with van der Waals surface area (Å²) in [5.74, 6) is -1.06. The van der Waals surface area contributed by atoms with Gasteiger partial charge in [-0.1, -0.05) is 42.5 Å². The van der Waals surface area contributed by atoms with E-state index in [0.717, 1.165) is 17.8 Å². The van der Waals surface area contributed by atoms with Crippen molar-refractivity contribution in [3.05, 3.63) is 119 Å². The first-order chi connectivity index (χ1) is 21.6. The van der Waals surface area contributed by atoms with E-state index in [-0.39, 0.29) is 17.1 Å². The van der Waals surface area contributed by atoms with Crippen molar-refractivity contribution in [1.29, 1.82) is 0 Å². The van der Waals surface area contributed by atoms with Crippen molar-refractivity contribution in [2.75, 3.05) is 30.6 Å². The quantitative estimate of drug-likeness (QED) is 0.123. The molecule has 232 valence electrons. The molecule has 0 saturated carbocycles. The van der Waals surface area contributed by atoms with Crippen LogP contribution in [0.2, 0.25) is 0 Å². The van der Waals surface area contributed by atoms with Crippen molar-refractivity contribution in [2.24, 2.45) is 0 Å². The fraction of sp³-hybridized carbons (Fsp3) is 0.121. The van der Waals surface area contributed by atoms with Gasteiger partial charge in [0.05, 0.1) is 31.2 Å². The molecule has 12 heteroatoms. The third-order valence-electron chi connectivity index (χ3n) is 6.25. The number of carbonyl (C=O) groups excluding carboxylic acids is 3. The fourth-order valence-electron chi connectivity index (χ4n) is 4.13. The number of thioether (sulfide) groups is 1. The Kier molecular flexibility index (Phi) is 10.9. The Morgan fingerprint density at radius 3 is 2.16 bits per heavy atom. The largest absolute Gasteiger partial charge is 0.493 e. The number of ether oxygens (including phenoxy) is 2. The van der Waals surface area contributed by atoms with Gasteiger partial charge in [-0.2, -0.15) is 13.2 Å². The molecule has 0 radical (unpaired) electrons. The molecule has 0 atom stereocenters. The van der Waals surface area contributed by atoms with Crippen LogP contribution in [-0.4, -0.2) is 37.7 Å². The third kappa shape index (κ3) is 8.89. The van der Waals surface area contributed by atoms with E-state index in [1.807, 2.05) is 0 Å². The maximum absolute atomic E-state index is 13.4. The van der Waals surface area contributed by atoms with Gasteiger partial charge in [-0.05, 0) is 60.7 Å². The zero-order valence-corrected chi connectivity index (χ0v) is 24.9. The number of hydrogen-bond acceptors (Lipinski definition) is 6. The zero-order chi connectivity index (χ0) is 32.4. The van der Waals surface area contributed by atoms with E-state index in [1.54, 1.807) is 72.8 Å². The standard InChI is InChI=1S/C33H28F3N3O5S/c1-43-28-14-8-11-22(30(28)44-2)19-27(39-31(41)21-9-4-3-5-10-21)32(42)37-23-15-17-24(18-16-23)45-20-29(40)38-26-13-7-6-12-25(26)33(34,35)36/h3-19H,20H2,1-2H3,(H,37,42)(H,38,40)(H,39,41)/b27-19-. The maximum Gasteiger partial charge on any atom is 0.418 e. The van der Waals surface area contributed by atoms with Crippen LogP contribution in [0.3, 0.4) is 0 Å². The highest BCUT2D eigenvalue weighted by Crippen LogP contribution is 2.35. The molecular weight excluding hydrogens is 607 g/mol. The van der Waals surface area contributed by atoms with Gasteiger partial charge in [0.2, 0.25) is 5.91 Å². The van der Waals surface area contributed by atoms with Gasteiger partial charge in [0.15, 0.2) is 11.5 Å². The molecule has 3 amide bonds. The van der Waals surface area contributed by atoms with E-state index >= 15 is 0 Å². The normalized spacial score (nSPS) is 11.4. The molecule has 3 N–H and O–H groups in total. The van der Waals surface area contributed by atoms with E-state index in [4.69, 9.17) is 9.47 Å². The van der Waals surface area contributed by atoms with Crippen LogP contribution in [0.5, 0.6) is 11.5 Å². The number of nitrogens with one attached hydrogen (secondary N) is 3. The summed E-state index contributed by atoms with van der Waals surface area (Å²) in [6.07, 6.45) is -3.13. The van der Waals surface area contributed by atoms with Gasteiger partial charge in [-0.3, -0.25) is 14.4 Å². The number of rotatable bonds is 11. The minimum absolute atomic E-state index is 0.0651. The lowest BCUT2D eigenvalue weighted by molar-refractivity contribution is -0.137. The first kappa shape index (κ1) is 32.7. The summed E-state index contributed by atoms with van der Waals surface area (Å²) < 4.78 is 50.5. The van der Waals surface area contributed by atoms with Crippen LogP contribution < -0.4 is 25.4 Å². The molecule has 0 saturated heterocycles. The molecule has 0 fully saturated rings. The predicted octanol–water partition coefficient (Wildman–Crippen LogP) is 6.86. The lowest BCUT2D eigenvalue weighted by Gasteiger charge is -2.14. The number of halogens is 3. The van der Waals surface area contributed by atoms with Gasteiger partial charge in [0.1, 0.15) is 5.70 Å². The summed E-state index contributed by atoms with van der Waals surface area (Å²) >= 11 is 1.11. The lowest BCUT2D eigenvalue weighted by atomic mass is 10.1. The summed E-state index contributed by atoms with van der Waals surface area (Å²) in [4.78, 5) is 39.4. The second kappa shape index (κ2) is 15.0. The highest BCUT2D eigenvalue weighted by molar-refractivity contribution is 8.00. The van der Waals surface area contributed by atoms with Crippen molar-refractivity contribution in [2.45, 2.75) is 11.1 Å². The minimum atomic E-state index is -4.60. The Morgan fingerprint density at radius 1 is 0.800 bits per heavy atom. The Balaban J connectivity index is 1.46. The summed E-state index contributed by atoms with van der Waals surface area (Å²) in [6.45, 7) is 0. The molecule has 0 heterocycles. The van der Waals surface area contributed by atoms with Crippen LogP contribution in [0.4, 0.5) is 24.5 Å². The molecule has 45 heavy (non-hydrogen) atoms. The average Bonchev–Trinajstić information content (AvgIpc) is 3.04. The molecular formula is C33H28F3N3O5S. The van der Waals surface area contributed by atoms with Gasteiger partial charge in [-0.25, -0.2) is 0 Å². The van der Waals surface area contributed by atoms with E-state index in [2.05, 4.69) is 16.0 Å². The Morgan fingerprint density at radius 2 is 1.49 bits per heavy atom. The Bertz CT molecular complexity index is 1690. The molecule has 4 rings (SSSR count). The number of carbonyl (C=O) groups is 3. The molecule has 4 aromatic carbocycles. The van der Waals surface area contributed by atoms with Crippen molar-refractivity contribution in [3.63, 3.8) is 0 Å². The van der Waals surface area contributed by atoms with Gasteiger partial charge in [0.25, 0.3) is 11.8 Å². The van der Waals surface area contributed by atoms with Crippen molar-refractivity contribution in [3.8, 4) is 11.5 Å². The van der Waals surface area contributed by atoms with Gasteiger partial charge < -0.3 is 25.4 Å². The molecule has 0 aliphatic heterocycles. The zero-order valence-electron chi connectivity index (χ0n) is 24.1. The monoisotopic (exact) mass is 635 g/mol. The summed E-state index contributed by atoms with van der Waals surface area (Å²) in [5.41, 5.74) is -0.0838. The second-order valence-corrected chi connectivity index (χ2v) is 10.4. The first-order valence-corrected chi connectivity index (χ1v) is 14.4. The van der Waals surface area contributed by atoms with E-state index in [9.17, 15) is 27.6 Å². The number of hydrogen-bond donors (Lipinski definition) is 3. The highest BCUT2D eigenvalue weighted by atomic mass is 32.2. The van der Waals surface area contributed by atoms with E-state index in [1.165, 1.54) is 38.5 Å². The van der Waals surface area contributed by atoms with E-state index < -0.39 is 29.5 Å². The van der Waals surface area contributed by atoms with Gasteiger partial charge in [0, 0.05) is 21.7 Å². The molecule has 8 nitrogen and oxygen atoms in total. The summed E-state index contributed by atoms with van der Waals surface area (Å²) in [6, 6.07) is 24.8. The van der Waals surface area contributed by atoms with Crippen LogP contribution in [-0.2, 0) is 15.8 Å². The maximum atomic E-state index is 13.4. The van der Waals surface area contributed by atoms with Gasteiger partial charge in [-0.15, -0.1) is 11.8 Å². The summed E-state index contributed by atoms with van der Waals surface area (Å²) in [5, 5.41) is 7.71. The molecule has 0 aliphatic rings. The number of amides is 3. The van der Waals surface area contributed by atoms with Crippen LogP contribution in [0.15, 0.2) is 108 Å².